The average Bonchev–Trinajstić information content (AvgIpc) is 2.84. The molecule has 1 heterocycles. The van der Waals surface area contributed by atoms with Crippen LogP contribution in [-0.4, -0.2) is 26.3 Å². The molecule has 0 aliphatic carbocycles. The maximum Gasteiger partial charge on any atom is 0.199 e. The van der Waals surface area contributed by atoms with Gasteiger partial charge in [-0.25, -0.2) is 4.68 Å². The van der Waals surface area contributed by atoms with Gasteiger partial charge in [0, 0.05) is 19.2 Å². The summed E-state index contributed by atoms with van der Waals surface area (Å²) < 4.78 is 4.60. The number of aryl methyl sites for hydroxylation is 1. The van der Waals surface area contributed by atoms with Gasteiger partial charge in [-0.05, 0) is 37.3 Å². The summed E-state index contributed by atoms with van der Waals surface area (Å²) in [5.74, 6) is 0.909. The predicted octanol–water partition coefficient (Wildman–Crippen LogP) is 4.02. The molecule has 0 saturated carbocycles. The van der Waals surface area contributed by atoms with Crippen molar-refractivity contribution in [2.45, 2.75) is 20.1 Å². The fraction of sp³-hybridized carbons (Fsp3) is 0.263. The lowest BCUT2D eigenvalue weighted by atomic mass is 10.1. The molecular weight excluding hydrogens is 316 g/mol. The Morgan fingerprint density at radius 3 is 2.42 bits per heavy atom. The quantitative estimate of drug-likeness (QED) is 0.657. The van der Waals surface area contributed by atoms with Crippen LogP contribution >= 0.6 is 12.2 Å². The molecule has 24 heavy (non-hydrogen) atoms. The molecule has 5 heteroatoms. The zero-order valence-corrected chi connectivity index (χ0v) is 15.1. The second kappa shape index (κ2) is 7.11. The van der Waals surface area contributed by atoms with E-state index in [1.54, 1.807) is 0 Å². The van der Waals surface area contributed by atoms with Crippen LogP contribution in [0.2, 0.25) is 0 Å². The molecule has 0 spiro atoms. The standard InChI is InChI=1S/C19H22N4S/c1-15-9-7-8-12-17(15)18-20-23(19(24)22(18)3)14-21(2)13-16-10-5-4-6-11-16/h4-12H,13-14H2,1-3H3. The van der Waals surface area contributed by atoms with Crippen LogP contribution in [0.5, 0.6) is 0 Å². The second-order valence-electron chi connectivity index (χ2n) is 6.12. The molecule has 124 valence electrons. The number of benzene rings is 2. The summed E-state index contributed by atoms with van der Waals surface area (Å²) in [7, 11) is 4.06. The summed E-state index contributed by atoms with van der Waals surface area (Å²) in [6.07, 6.45) is 0. The minimum absolute atomic E-state index is 0.660. The monoisotopic (exact) mass is 338 g/mol. The third-order valence-corrected chi connectivity index (χ3v) is 4.58. The molecule has 0 saturated heterocycles. The first-order valence-electron chi connectivity index (χ1n) is 7.98. The Hall–Kier alpha value is -2.24. The highest BCUT2D eigenvalue weighted by atomic mass is 32.1. The van der Waals surface area contributed by atoms with Crippen LogP contribution in [0, 0.1) is 11.7 Å². The topological polar surface area (TPSA) is 26.0 Å². The highest BCUT2D eigenvalue weighted by Crippen LogP contribution is 2.21. The van der Waals surface area contributed by atoms with E-state index in [0.717, 1.165) is 22.7 Å². The van der Waals surface area contributed by atoms with Gasteiger partial charge >= 0.3 is 0 Å². The van der Waals surface area contributed by atoms with Gasteiger partial charge in [0.1, 0.15) is 0 Å². The zero-order valence-electron chi connectivity index (χ0n) is 14.3. The van der Waals surface area contributed by atoms with Gasteiger partial charge in [0.25, 0.3) is 0 Å². The lowest BCUT2D eigenvalue weighted by Gasteiger charge is -2.16. The van der Waals surface area contributed by atoms with E-state index in [1.807, 2.05) is 34.5 Å². The molecule has 3 rings (SSSR count). The first-order valence-corrected chi connectivity index (χ1v) is 8.39. The van der Waals surface area contributed by atoms with Crippen molar-refractivity contribution in [1.29, 1.82) is 0 Å². The van der Waals surface area contributed by atoms with Crippen LogP contribution in [0.4, 0.5) is 0 Å². The van der Waals surface area contributed by atoms with E-state index in [9.17, 15) is 0 Å². The first kappa shape index (κ1) is 16.6. The number of hydrogen-bond donors (Lipinski definition) is 0. The summed E-state index contributed by atoms with van der Waals surface area (Å²) in [5, 5.41) is 4.76. The molecule has 0 aliphatic rings. The lowest BCUT2D eigenvalue weighted by molar-refractivity contribution is 0.244. The number of nitrogens with zero attached hydrogens (tertiary/aromatic N) is 4. The van der Waals surface area contributed by atoms with Gasteiger partial charge in [-0.3, -0.25) is 4.90 Å². The highest BCUT2D eigenvalue weighted by Gasteiger charge is 2.12. The Morgan fingerprint density at radius 2 is 1.71 bits per heavy atom. The van der Waals surface area contributed by atoms with Crippen molar-refractivity contribution < 1.29 is 0 Å². The molecule has 3 aromatic rings. The largest absolute Gasteiger partial charge is 0.303 e. The van der Waals surface area contributed by atoms with Gasteiger partial charge < -0.3 is 4.57 Å². The molecule has 0 fully saturated rings. The van der Waals surface area contributed by atoms with Crippen LogP contribution in [0.3, 0.4) is 0 Å². The van der Waals surface area contributed by atoms with Gasteiger partial charge in [0.05, 0.1) is 6.67 Å². The van der Waals surface area contributed by atoms with Crippen LogP contribution in [0.1, 0.15) is 11.1 Å². The Bertz CT molecular complexity index is 880. The van der Waals surface area contributed by atoms with E-state index in [0.29, 0.717) is 6.67 Å². The van der Waals surface area contributed by atoms with Crippen molar-refractivity contribution in [2.24, 2.45) is 7.05 Å². The third-order valence-electron chi connectivity index (χ3n) is 4.10. The van der Waals surface area contributed by atoms with Crippen LogP contribution in [0.25, 0.3) is 11.4 Å². The summed E-state index contributed by atoms with van der Waals surface area (Å²) >= 11 is 5.58. The molecule has 0 amide bonds. The molecule has 0 aliphatic heterocycles. The molecule has 0 radical (unpaired) electrons. The van der Waals surface area contributed by atoms with Crippen molar-refractivity contribution >= 4 is 12.2 Å². The fourth-order valence-electron chi connectivity index (χ4n) is 2.81. The smallest absolute Gasteiger partial charge is 0.199 e. The summed E-state index contributed by atoms with van der Waals surface area (Å²) in [4.78, 5) is 2.21. The van der Waals surface area contributed by atoms with E-state index in [2.05, 4.69) is 55.3 Å². The molecule has 0 bridgehead atoms. The average molecular weight is 338 g/mol. The molecule has 2 aromatic carbocycles. The van der Waals surface area contributed by atoms with Crippen LogP contribution in [-0.2, 0) is 20.3 Å². The summed E-state index contributed by atoms with van der Waals surface area (Å²) in [6, 6.07) is 18.7. The van der Waals surface area contributed by atoms with Gasteiger partial charge in [0.15, 0.2) is 10.6 Å². The van der Waals surface area contributed by atoms with Crippen molar-refractivity contribution in [2.75, 3.05) is 7.05 Å². The summed E-state index contributed by atoms with van der Waals surface area (Å²) in [5.41, 5.74) is 3.60. The molecule has 0 unspecified atom stereocenters. The maximum atomic E-state index is 5.58. The van der Waals surface area contributed by atoms with Crippen LogP contribution < -0.4 is 0 Å². The lowest BCUT2D eigenvalue weighted by Crippen LogP contribution is -2.22. The number of rotatable bonds is 5. The second-order valence-corrected chi connectivity index (χ2v) is 6.49. The molecule has 1 aromatic heterocycles. The minimum Gasteiger partial charge on any atom is -0.303 e. The van der Waals surface area contributed by atoms with Gasteiger partial charge in [-0.15, -0.1) is 0 Å². The van der Waals surface area contributed by atoms with Crippen molar-refractivity contribution in [3.8, 4) is 11.4 Å². The van der Waals surface area contributed by atoms with E-state index in [4.69, 9.17) is 17.3 Å². The Balaban J connectivity index is 1.84. The SMILES string of the molecule is Cc1ccccc1-c1nn(CN(C)Cc2ccccc2)c(=S)n1C. The normalized spacial score (nSPS) is 11.2. The van der Waals surface area contributed by atoms with Crippen molar-refractivity contribution in [1.82, 2.24) is 19.2 Å². The molecule has 0 atom stereocenters. The minimum atomic E-state index is 0.660. The fourth-order valence-corrected chi connectivity index (χ4v) is 3.00. The number of aromatic nitrogens is 3. The molecule has 0 N–H and O–H groups in total. The van der Waals surface area contributed by atoms with E-state index < -0.39 is 0 Å². The van der Waals surface area contributed by atoms with Gasteiger partial charge in [-0.1, -0.05) is 54.6 Å². The van der Waals surface area contributed by atoms with E-state index in [-0.39, 0.29) is 0 Å². The Morgan fingerprint density at radius 1 is 1.04 bits per heavy atom. The summed E-state index contributed by atoms with van der Waals surface area (Å²) in [6.45, 7) is 3.62. The number of hydrogen-bond acceptors (Lipinski definition) is 3. The molecule has 4 nitrogen and oxygen atoms in total. The van der Waals surface area contributed by atoms with Crippen molar-refractivity contribution in [3.63, 3.8) is 0 Å². The molecular formula is C19H22N4S. The maximum absolute atomic E-state index is 5.58. The van der Waals surface area contributed by atoms with E-state index in [1.165, 1.54) is 11.1 Å². The zero-order chi connectivity index (χ0) is 17.1. The third kappa shape index (κ3) is 3.47. The predicted molar refractivity (Wildman–Crippen MR) is 100 cm³/mol. The first-order chi connectivity index (χ1) is 11.6. The van der Waals surface area contributed by atoms with Gasteiger partial charge in [-0.2, -0.15) is 5.10 Å². The highest BCUT2D eigenvalue weighted by molar-refractivity contribution is 7.71. The van der Waals surface area contributed by atoms with E-state index >= 15 is 0 Å². The van der Waals surface area contributed by atoms with Gasteiger partial charge in [0.2, 0.25) is 0 Å². The van der Waals surface area contributed by atoms with Crippen LogP contribution in [0.15, 0.2) is 54.6 Å². The Labute approximate surface area is 148 Å². The Kier molecular flexibility index (Phi) is 4.92. The van der Waals surface area contributed by atoms with Crippen molar-refractivity contribution in [3.05, 3.63) is 70.5 Å².